The molecule has 1 N–H and O–H groups in total. The van der Waals surface area contributed by atoms with Gasteiger partial charge >= 0.3 is 0 Å². The van der Waals surface area contributed by atoms with Gasteiger partial charge in [-0.15, -0.1) is 0 Å². The van der Waals surface area contributed by atoms with Crippen LogP contribution in [0.25, 0.3) is 0 Å². The second kappa shape index (κ2) is 20.4. The van der Waals surface area contributed by atoms with E-state index in [-0.39, 0.29) is 6.10 Å². The van der Waals surface area contributed by atoms with Crippen molar-refractivity contribution in [3.8, 4) is 0 Å². The zero-order valence-corrected chi connectivity index (χ0v) is 16.3. The molecule has 0 bridgehead atoms. The minimum Gasteiger partial charge on any atom is -0.391 e. The summed E-state index contributed by atoms with van der Waals surface area (Å²) in [5.74, 6) is 0. The SMILES string of the molecule is CCCCCC=CCC=CCCCCCCCCOCC(O)CC. The highest BCUT2D eigenvalue weighted by Crippen LogP contribution is 2.08. The molecule has 0 aromatic rings. The Morgan fingerprint density at radius 3 is 1.96 bits per heavy atom. The van der Waals surface area contributed by atoms with Gasteiger partial charge in [0.1, 0.15) is 0 Å². The van der Waals surface area contributed by atoms with Crippen LogP contribution in [0.5, 0.6) is 0 Å². The molecule has 0 aromatic heterocycles. The van der Waals surface area contributed by atoms with Crippen LogP contribution < -0.4 is 0 Å². The highest BCUT2D eigenvalue weighted by molar-refractivity contribution is 4.92. The lowest BCUT2D eigenvalue weighted by Gasteiger charge is -2.08. The van der Waals surface area contributed by atoms with E-state index in [4.69, 9.17) is 4.74 Å². The van der Waals surface area contributed by atoms with Crippen LogP contribution in [-0.4, -0.2) is 24.4 Å². The van der Waals surface area contributed by atoms with Gasteiger partial charge in [-0.05, 0) is 44.9 Å². The normalized spacial score (nSPS) is 13.3. The molecule has 0 saturated carbocycles. The number of ether oxygens (including phenoxy) is 1. The molecule has 2 nitrogen and oxygen atoms in total. The molecule has 24 heavy (non-hydrogen) atoms. The quantitative estimate of drug-likeness (QED) is 0.226. The van der Waals surface area contributed by atoms with Crippen molar-refractivity contribution in [1.82, 2.24) is 0 Å². The van der Waals surface area contributed by atoms with Crippen LogP contribution >= 0.6 is 0 Å². The molecular formula is C22H42O2. The van der Waals surface area contributed by atoms with E-state index in [0.29, 0.717) is 6.61 Å². The lowest BCUT2D eigenvalue weighted by Crippen LogP contribution is -2.14. The first-order chi connectivity index (χ1) is 11.8. The van der Waals surface area contributed by atoms with E-state index < -0.39 is 0 Å². The Kier molecular flexibility index (Phi) is 19.9. The van der Waals surface area contributed by atoms with E-state index in [1.165, 1.54) is 64.2 Å². The number of unbranched alkanes of at least 4 members (excludes halogenated alkanes) is 9. The topological polar surface area (TPSA) is 29.5 Å². The van der Waals surface area contributed by atoms with E-state index in [1.807, 2.05) is 6.92 Å². The maximum atomic E-state index is 9.36. The third-order valence-electron chi connectivity index (χ3n) is 4.27. The van der Waals surface area contributed by atoms with Gasteiger partial charge in [0.05, 0.1) is 12.7 Å². The molecule has 0 rings (SSSR count). The van der Waals surface area contributed by atoms with Crippen molar-refractivity contribution < 1.29 is 9.84 Å². The first-order valence-electron chi connectivity index (χ1n) is 10.4. The predicted octanol–water partition coefficient (Wildman–Crippen LogP) is 6.59. The Balaban J connectivity index is 3.15. The van der Waals surface area contributed by atoms with Crippen LogP contribution in [0.1, 0.15) is 97.3 Å². The summed E-state index contributed by atoms with van der Waals surface area (Å²) in [6.07, 6.45) is 25.0. The summed E-state index contributed by atoms with van der Waals surface area (Å²) in [5, 5.41) is 9.36. The molecule has 0 aliphatic rings. The standard InChI is InChI=1S/C22H42O2/c1-3-5-6-7-8-9-10-11-12-13-14-15-16-17-18-19-20-24-21-22(23)4-2/h8-9,11-12,22-23H,3-7,10,13-21H2,1-2H3. The fraction of sp³-hybridized carbons (Fsp3) is 0.818. The van der Waals surface area contributed by atoms with Gasteiger partial charge in [0.15, 0.2) is 0 Å². The molecule has 142 valence electrons. The lowest BCUT2D eigenvalue weighted by molar-refractivity contribution is 0.0335. The minimum absolute atomic E-state index is 0.283. The molecule has 0 radical (unpaired) electrons. The van der Waals surface area contributed by atoms with Crippen molar-refractivity contribution in [2.45, 2.75) is 103 Å². The van der Waals surface area contributed by atoms with Crippen molar-refractivity contribution in [3.05, 3.63) is 24.3 Å². The Morgan fingerprint density at radius 2 is 1.33 bits per heavy atom. The number of hydrogen-bond acceptors (Lipinski definition) is 2. The van der Waals surface area contributed by atoms with E-state index in [9.17, 15) is 5.11 Å². The highest BCUT2D eigenvalue weighted by atomic mass is 16.5. The third-order valence-corrected chi connectivity index (χ3v) is 4.27. The van der Waals surface area contributed by atoms with Gasteiger partial charge in [-0.25, -0.2) is 0 Å². The number of hydrogen-bond donors (Lipinski definition) is 1. The van der Waals surface area contributed by atoms with E-state index in [2.05, 4.69) is 31.2 Å². The zero-order chi connectivity index (χ0) is 17.7. The highest BCUT2D eigenvalue weighted by Gasteiger charge is 1.99. The van der Waals surface area contributed by atoms with Crippen molar-refractivity contribution in [3.63, 3.8) is 0 Å². The molecule has 0 aromatic carbocycles. The Morgan fingerprint density at radius 1 is 0.750 bits per heavy atom. The van der Waals surface area contributed by atoms with Crippen molar-refractivity contribution in [2.75, 3.05) is 13.2 Å². The summed E-state index contributed by atoms with van der Waals surface area (Å²) in [6, 6.07) is 0. The Bertz CT molecular complexity index is 284. The molecule has 1 unspecified atom stereocenters. The Labute approximate surface area is 151 Å². The monoisotopic (exact) mass is 338 g/mol. The zero-order valence-electron chi connectivity index (χ0n) is 16.3. The van der Waals surface area contributed by atoms with Crippen LogP contribution in [0.15, 0.2) is 24.3 Å². The number of allylic oxidation sites excluding steroid dienone is 4. The third kappa shape index (κ3) is 19.4. The van der Waals surface area contributed by atoms with Crippen LogP contribution in [-0.2, 0) is 4.74 Å². The van der Waals surface area contributed by atoms with Crippen LogP contribution in [0.3, 0.4) is 0 Å². The van der Waals surface area contributed by atoms with Gasteiger partial charge < -0.3 is 9.84 Å². The van der Waals surface area contributed by atoms with Crippen molar-refractivity contribution >= 4 is 0 Å². The molecule has 0 fully saturated rings. The maximum absolute atomic E-state index is 9.36. The van der Waals surface area contributed by atoms with Gasteiger partial charge in [0.25, 0.3) is 0 Å². The van der Waals surface area contributed by atoms with E-state index in [0.717, 1.165) is 25.9 Å². The number of aliphatic hydroxyl groups excluding tert-OH is 1. The minimum atomic E-state index is -0.283. The summed E-state index contributed by atoms with van der Waals surface area (Å²) >= 11 is 0. The second-order valence-corrected chi connectivity index (χ2v) is 6.72. The first-order valence-corrected chi connectivity index (χ1v) is 10.4. The summed E-state index contributed by atoms with van der Waals surface area (Å²) in [5.41, 5.74) is 0. The molecule has 0 spiro atoms. The molecule has 0 aliphatic heterocycles. The summed E-state index contributed by atoms with van der Waals surface area (Å²) in [4.78, 5) is 0. The fourth-order valence-electron chi connectivity index (χ4n) is 2.53. The smallest absolute Gasteiger partial charge is 0.0771 e. The average molecular weight is 339 g/mol. The van der Waals surface area contributed by atoms with E-state index >= 15 is 0 Å². The van der Waals surface area contributed by atoms with E-state index in [1.54, 1.807) is 0 Å². The van der Waals surface area contributed by atoms with Crippen LogP contribution in [0.2, 0.25) is 0 Å². The van der Waals surface area contributed by atoms with Crippen LogP contribution in [0.4, 0.5) is 0 Å². The summed E-state index contributed by atoms with van der Waals surface area (Å²) in [6.45, 7) is 5.53. The lowest BCUT2D eigenvalue weighted by atomic mass is 10.1. The summed E-state index contributed by atoms with van der Waals surface area (Å²) < 4.78 is 5.44. The second-order valence-electron chi connectivity index (χ2n) is 6.72. The fourth-order valence-corrected chi connectivity index (χ4v) is 2.53. The number of aliphatic hydroxyl groups is 1. The van der Waals surface area contributed by atoms with Gasteiger partial charge in [-0.2, -0.15) is 0 Å². The largest absolute Gasteiger partial charge is 0.391 e. The summed E-state index contributed by atoms with van der Waals surface area (Å²) in [7, 11) is 0. The molecule has 1 atom stereocenters. The van der Waals surface area contributed by atoms with Gasteiger partial charge in [0.2, 0.25) is 0 Å². The Hall–Kier alpha value is -0.600. The van der Waals surface area contributed by atoms with Crippen molar-refractivity contribution in [2.24, 2.45) is 0 Å². The molecule has 0 heterocycles. The first kappa shape index (κ1) is 23.4. The van der Waals surface area contributed by atoms with Crippen LogP contribution in [0, 0.1) is 0 Å². The molecule has 0 saturated heterocycles. The van der Waals surface area contributed by atoms with Gasteiger partial charge in [0, 0.05) is 6.61 Å². The van der Waals surface area contributed by atoms with Gasteiger partial charge in [-0.3, -0.25) is 0 Å². The van der Waals surface area contributed by atoms with Crippen molar-refractivity contribution in [1.29, 1.82) is 0 Å². The maximum Gasteiger partial charge on any atom is 0.0771 e. The molecular weight excluding hydrogens is 296 g/mol. The molecule has 0 amide bonds. The molecule has 2 heteroatoms. The predicted molar refractivity (Wildman–Crippen MR) is 106 cm³/mol. The number of rotatable bonds is 18. The van der Waals surface area contributed by atoms with Gasteiger partial charge in [-0.1, -0.05) is 76.7 Å². The average Bonchev–Trinajstić information content (AvgIpc) is 2.60. The molecule has 0 aliphatic carbocycles.